The molecule has 0 unspecified atom stereocenters. The molecule has 1 N–H and O–H groups in total. The third kappa shape index (κ3) is 4.07. The number of halogens is 1. The highest BCUT2D eigenvalue weighted by atomic mass is 19.1. The van der Waals surface area contributed by atoms with Gasteiger partial charge in [0.2, 0.25) is 5.76 Å². The van der Waals surface area contributed by atoms with Crippen molar-refractivity contribution in [1.29, 1.82) is 0 Å². The summed E-state index contributed by atoms with van der Waals surface area (Å²) >= 11 is 0. The number of carbonyl (C=O) groups is 2. The number of hydrazone groups is 1. The topological polar surface area (TPSA) is 80.9 Å². The van der Waals surface area contributed by atoms with Crippen LogP contribution >= 0.6 is 0 Å². The minimum atomic E-state index is -0.508. The molecule has 1 aromatic carbocycles. The van der Waals surface area contributed by atoms with Gasteiger partial charge in [-0.15, -0.1) is 0 Å². The monoisotopic (exact) mass is 372 g/mol. The number of hydrogen-bond acceptors (Lipinski definition) is 5. The second-order valence-electron chi connectivity index (χ2n) is 6.67. The molecule has 1 aromatic heterocycles. The number of ether oxygens (including phenoxy) is 1. The molecule has 3 rings (SSSR count). The molecule has 7 heteroatoms. The smallest absolute Gasteiger partial charge is 0.374 e. The predicted octanol–water partition coefficient (Wildman–Crippen LogP) is 3.76. The molecule has 1 amide bonds. The van der Waals surface area contributed by atoms with Gasteiger partial charge < -0.3 is 9.15 Å². The van der Waals surface area contributed by atoms with E-state index in [2.05, 4.69) is 10.5 Å². The first-order chi connectivity index (χ1) is 12.9. The van der Waals surface area contributed by atoms with Gasteiger partial charge in [-0.3, -0.25) is 4.79 Å². The second kappa shape index (κ2) is 7.73. The van der Waals surface area contributed by atoms with Crippen molar-refractivity contribution in [1.82, 2.24) is 5.43 Å². The van der Waals surface area contributed by atoms with Crippen LogP contribution in [0.5, 0.6) is 0 Å². The number of esters is 1. The number of rotatable bonds is 4. The van der Waals surface area contributed by atoms with E-state index in [4.69, 9.17) is 9.15 Å². The maximum absolute atomic E-state index is 13.0. The molecule has 0 fully saturated rings. The first-order valence-electron chi connectivity index (χ1n) is 8.83. The summed E-state index contributed by atoms with van der Waals surface area (Å²) < 4.78 is 23.9. The number of hydrogen-bond donors (Lipinski definition) is 1. The third-order valence-electron chi connectivity index (χ3n) is 4.25. The average molecular weight is 372 g/mol. The zero-order chi connectivity index (χ0) is 19.6. The number of carbonyl (C=O) groups excluding carboxylic acids is 2. The maximum Gasteiger partial charge on any atom is 0.374 e. The highest BCUT2D eigenvalue weighted by molar-refractivity contribution is 6.06. The van der Waals surface area contributed by atoms with E-state index in [1.807, 2.05) is 0 Å². The molecule has 0 spiro atoms. The highest BCUT2D eigenvalue weighted by Crippen LogP contribution is 2.30. The summed E-state index contributed by atoms with van der Waals surface area (Å²) in [6, 6.07) is 5.21. The van der Waals surface area contributed by atoms with Crippen LogP contribution in [0.2, 0.25) is 0 Å². The molecule has 0 atom stereocenters. The molecule has 0 saturated carbocycles. The summed E-state index contributed by atoms with van der Waals surface area (Å²) in [4.78, 5) is 24.4. The van der Waals surface area contributed by atoms with Gasteiger partial charge in [0.1, 0.15) is 11.6 Å². The minimum absolute atomic E-state index is 0.174. The number of fused-ring (bicyclic) bond motifs is 1. The lowest BCUT2D eigenvalue weighted by Crippen LogP contribution is -2.22. The molecular formula is C20H21FN2O4. The summed E-state index contributed by atoms with van der Waals surface area (Å²) in [6.07, 6.45) is 1.89. The van der Waals surface area contributed by atoms with Crippen molar-refractivity contribution in [3.05, 3.63) is 58.3 Å². The SMILES string of the molecule is Cc1c(C(=O)OC(C)C)oc2c1/C(=N/NC(=O)c1ccc(F)cc1)CCC2. The van der Waals surface area contributed by atoms with E-state index in [1.165, 1.54) is 24.3 Å². The van der Waals surface area contributed by atoms with Crippen LogP contribution in [-0.4, -0.2) is 23.7 Å². The van der Waals surface area contributed by atoms with Gasteiger partial charge in [0, 0.05) is 23.1 Å². The molecular weight excluding hydrogens is 351 g/mol. The van der Waals surface area contributed by atoms with Crippen LogP contribution in [0, 0.1) is 12.7 Å². The van der Waals surface area contributed by atoms with Crippen molar-refractivity contribution >= 4 is 17.6 Å². The van der Waals surface area contributed by atoms with E-state index in [1.54, 1.807) is 20.8 Å². The number of aryl methyl sites for hydroxylation is 1. The minimum Gasteiger partial charge on any atom is -0.457 e. The van der Waals surface area contributed by atoms with E-state index in [0.717, 1.165) is 12.0 Å². The second-order valence-corrected chi connectivity index (χ2v) is 6.67. The molecule has 0 radical (unpaired) electrons. The Morgan fingerprint density at radius 2 is 1.93 bits per heavy atom. The van der Waals surface area contributed by atoms with Crippen molar-refractivity contribution < 1.29 is 23.1 Å². The van der Waals surface area contributed by atoms with Crippen LogP contribution < -0.4 is 5.43 Å². The standard InChI is InChI=1S/C20H21FN2O4/c1-11(2)26-20(25)18-12(3)17-15(5-4-6-16(17)27-18)22-23-19(24)13-7-9-14(21)10-8-13/h7-11H,4-6H2,1-3H3,(H,23,24)/b22-15+. The van der Waals surface area contributed by atoms with Gasteiger partial charge in [0.15, 0.2) is 0 Å². The van der Waals surface area contributed by atoms with Crippen LogP contribution in [0.15, 0.2) is 33.8 Å². The van der Waals surface area contributed by atoms with E-state index in [-0.39, 0.29) is 11.9 Å². The van der Waals surface area contributed by atoms with E-state index in [9.17, 15) is 14.0 Å². The highest BCUT2D eigenvalue weighted by Gasteiger charge is 2.29. The average Bonchev–Trinajstić information content (AvgIpc) is 2.97. The Kier molecular flexibility index (Phi) is 5.39. The fraction of sp³-hybridized carbons (Fsp3) is 0.350. The molecule has 1 aliphatic rings. The summed E-state index contributed by atoms with van der Waals surface area (Å²) in [6.45, 7) is 5.32. The fourth-order valence-electron chi connectivity index (χ4n) is 3.03. The van der Waals surface area contributed by atoms with Crippen molar-refractivity contribution in [2.45, 2.75) is 46.1 Å². The zero-order valence-electron chi connectivity index (χ0n) is 15.5. The number of furan rings is 1. The predicted molar refractivity (Wildman–Crippen MR) is 97.3 cm³/mol. The number of nitrogens with one attached hydrogen (secondary N) is 1. The number of amides is 1. The first-order valence-corrected chi connectivity index (χ1v) is 8.83. The van der Waals surface area contributed by atoms with Crippen LogP contribution in [-0.2, 0) is 11.2 Å². The van der Waals surface area contributed by atoms with Gasteiger partial charge in [0.25, 0.3) is 5.91 Å². The van der Waals surface area contributed by atoms with Crippen molar-refractivity contribution in [2.24, 2.45) is 5.10 Å². The summed E-state index contributed by atoms with van der Waals surface area (Å²) in [5.74, 6) is -0.510. The quantitative estimate of drug-likeness (QED) is 0.654. The lowest BCUT2D eigenvalue weighted by molar-refractivity contribution is 0.0338. The van der Waals surface area contributed by atoms with Crippen LogP contribution in [0.3, 0.4) is 0 Å². The van der Waals surface area contributed by atoms with Gasteiger partial charge in [0.05, 0.1) is 11.8 Å². The van der Waals surface area contributed by atoms with Gasteiger partial charge in [-0.1, -0.05) is 0 Å². The van der Waals surface area contributed by atoms with Crippen molar-refractivity contribution in [2.75, 3.05) is 0 Å². The molecule has 0 saturated heterocycles. The molecule has 1 aliphatic carbocycles. The maximum atomic E-state index is 13.0. The molecule has 1 heterocycles. The van der Waals surface area contributed by atoms with Gasteiger partial charge >= 0.3 is 5.97 Å². The molecule has 142 valence electrons. The van der Waals surface area contributed by atoms with E-state index >= 15 is 0 Å². The Hall–Kier alpha value is -2.96. The molecule has 0 aliphatic heterocycles. The third-order valence-corrected chi connectivity index (χ3v) is 4.25. The van der Waals surface area contributed by atoms with Crippen molar-refractivity contribution in [3.8, 4) is 0 Å². The Morgan fingerprint density at radius 3 is 2.59 bits per heavy atom. The first kappa shape index (κ1) is 18.8. The Labute approximate surface area is 156 Å². The Balaban J connectivity index is 1.84. The van der Waals surface area contributed by atoms with Gasteiger partial charge in [-0.25, -0.2) is 14.6 Å². The van der Waals surface area contributed by atoms with E-state index < -0.39 is 17.7 Å². The lowest BCUT2D eigenvalue weighted by Gasteiger charge is -2.13. The number of nitrogens with zero attached hydrogens (tertiary/aromatic N) is 1. The largest absolute Gasteiger partial charge is 0.457 e. The summed E-state index contributed by atoms with van der Waals surface area (Å²) in [5.41, 5.74) is 4.86. The van der Waals surface area contributed by atoms with Crippen LogP contribution in [0.4, 0.5) is 4.39 Å². The lowest BCUT2D eigenvalue weighted by atomic mass is 9.93. The van der Waals surface area contributed by atoms with E-state index in [0.29, 0.717) is 35.4 Å². The van der Waals surface area contributed by atoms with Crippen LogP contribution in [0.25, 0.3) is 0 Å². The summed E-state index contributed by atoms with van der Waals surface area (Å²) in [7, 11) is 0. The summed E-state index contributed by atoms with van der Waals surface area (Å²) in [5, 5.41) is 4.23. The van der Waals surface area contributed by atoms with Gasteiger partial charge in [-0.05, 0) is 57.9 Å². The van der Waals surface area contributed by atoms with Crippen LogP contribution in [0.1, 0.15) is 64.5 Å². The molecule has 6 nitrogen and oxygen atoms in total. The Bertz CT molecular complexity index is 897. The van der Waals surface area contributed by atoms with Gasteiger partial charge in [-0.2, -0.15) is 5.10 Å². The fourth-order valence-corrected chi connectivity index (χ4v) is 3.03. The normalized spacial score (nSPS) is 14.9. The molecule has 2 aromatic rings. The zero-order valence-corrected chi connectivity index (χ0v) is 15.5. The number of benzene rings is 1. The Morgan fingerprint density at radius 1 is 1.22 bits per heavy atom. The molecule has 0 bridgehead atoms. The molecule has 27 heavy (non-hydrogen) atoms. The van der Waals surface area contributed by atoms with Crippen molar-refractivity contribution in [3.63, 3.8) is 0 Å².